The number of halogens is 7. The van der Waals surface area contributed by atoms with Gasteiger partial charge in [-0.3, -0.25) is 0 Å². The number of hydrogen-bond donors (Lipinski definition) is 0. The molecule has 0 aromatic rings. The van der Waals surface area contributed by atoms with Crippen LogP contribution in [0.1, 0.15) is 25.7 Å². The topological polar surface area (TPSA) is 197 Å². The van der Waals surface area contributed by atoms with Gasteiger partial charge in [0.15, 0.2) is 66.5 Å². The van der Waals surface area contributed by atoms with Gasteiger partial charge in [-0.25, -0.2) is 0 Å². The first-order valence-corrected chi connectivity index (χ1v) is 66.4. The van der Waals surface area contributed by atoms with Crippen LogP contribution in [-0.4, -0.2) is 190 Å². The van der Waals surface area contributed by atoms with E-state index in [-0.39, 0.29) is 44.6 Å². The van der Waals surface area contributed by atoms with Crippen LogP contribution in [-0.2, 0) is 87.0 Å². The van der Waals surface area contributed by atoms with Crippen LogP contribution in [0.25, 0.3) is 0 Å². The van der Waals surface area contributed by atoms with E-state index in [4.69, 9.17) is 168 Å². The van der Waals surface area contributed by atoms with Crippen LogP contribution in [0.2, 0.25) is 111 Å². The summed E-state index contributed by atoms with van der Waals surface area (Å²) in [5.74, 6) is 0.367. The molecule has 75 heavy (non-hydrogen) atoms. The molecule has 0 amide bonds. The van der Waals surface area contributed by atoms with Crippen LogP contribution in [0, 0.1) is 5.92 Å². The molecular formula is C31H75Cl7O21Si16. The van der Waals surface area contributed by atoms with Crippen LogP contribution in [0.4, 0.5) is 0 Å². The summed E-state index contributed by atoms with van der Waals surface area (Å²) < 4.78 is 154. The normalized spacial score (nSPS) is 38.7. The smallest absolute Gasteiger partial charge is 0.395 e. The van der Waals surface area contributed by atoms with E-state index in [1.165, 1.54) is 0 Å². The fourth-order valence-corrected chi connectivity index (χ4v) is 76.9. The largest absolute Gasteiger partial charge is 0.651 e. The van der Waals surface area contributed by atoms with Crippen molar-refractivity contribution in [3.8, 4) is 0 Å². The van der Waals surface area contributed by atoms with Gasteiger partial charge < -0.3 is 87.0 Å². The van der Waals surface area contributed by atoms with E-state index in [1.54, 1.807) is 0 Å². The predicted octanol–water partition coefficient (Wildman–Crippen LogP) is 8.92. The van der Waals surface area contributed by atoms with Crippen molar-refractivity contribution in [3.63, 3.8) is 0 Å². The van der Waals surface area contributed by atoms with Gasteiger partial charge in [0.1, 0.15) is 0 Å². The van der Waals surface area contributed by atoms with E-state index in [2.05, 4.69) is 0 Å². The molecule has 8 aliphatic rings. The molecule has 0 aromatic carbocycles. The van der Waals surface area contributed by atoms with Crippen molar-refractivity contribution in [2.45, 2.75) is 149 Å². The Hall–Kier alpha value is 4.66. The lowest BCUT2D eigenvalue weighted by atomic mass is 9.88. The van der Waals surface area contributed by atoms with Crippen molar-refractivity contribution in [3.05, 3.63) is 0 Å². The highest BCUT2D eigenvalue weighted by Crippen LogP contribution is 2.54. The molecule has 7 saturated heterocycles. The summed E-state index contributed by atoms with van der Waals surface area (Å²) in [5, 5.41) is 0. The summed E-state index contributed by atoms with van der Waals surface area (Å²) >= 11 is 47.8. The van der Waals surface area contributed by atoms with Gasteiger partial charge in [0.2, 0.25) is 0 Å². The second kappa shape index (κ2) is 23.3. The van der Waals surface area contributed by atoms with Crippen LogP contribution in [0.3, 0.4) is 0 Å². The summed E-state index contributed by atoms with van der Waals surface area (Å²) in [6.45, 7) is 29.6. The van der Waals surface area contributed by atoms with E-state index in [0.717, 1.165) is 25.7 Å². The minimum Gasteiger partial charge on any atom is -0.395 e. The minimum atomic E-state index is -5.41. The van der Waals surface area contributed by atoms with Crippen LogP contribution in [0.15, 0.2) is 0 Å². The highest BCUT2D eigenvalue weighted by Gasteiger charge is 2.92. The molecule has 1 aliphatic carbocycles. The molecule has 0 radical (unpaired) electrons. The number of ether oxygens (including phenoxy) is 1. The number of fused-ring (bicyclic) bond motifs is 1. The first-order chi connectivity index (χ1) is 34.1. The molecule has 3 unspecified atom stereocenters. The Morgan fingerprint density at radius 2 is 0.507 bits per heavy atom. The van der Waals surface area contributed by atoms with Crippen LogP contribution < -0.4 is 0 Å². The SMILES string of the molecule is C[Si](C)(CCl)O[Si]12O[Si]3(O[Si](C)(C)CCl)O[Si]4(O[Si](C)(C)CCl)O[Si](O[Si](C)(C)CCl)(O1)O[Si]1(O[Si](C)(C)CCl)O[Si](O[Si](C)(C)CCl)(O2)O[Si](O[Si](C)(C)CCl)(O3)O[Si](O[Si](C)(C)CCC2CCC3OC3C2)(O4)O1. The Balaban J connectivity index is 1.65. The lowest BCUT2D eigenvalue weighted by Gasteiger charge is -2.61. The summed E-state index contributed by atoms with van der Waals surface area (Å²) in [7, 11) is -69.5. The number of hydrogen-bond acceptors (Lipinski definition) is 21. The van der Waals surface area contributed by atoms with Crippen molar-refractivity contribution in [2.24, 2.45) is 5.92 Å². The first-order valence-electron chi connectivity index (χ1n) is 24.7. The average Bonchev–Trinajstić information content (AvgIpc) is 4.01. The van der Waals surface area contributed by atoms with Gasteiger partial charge in [-0.15, -0.1) is 81.2 Å². The molecule has 7 aliphatic heterocycles. The third-order valence-electron chi connectivity index (χ3n) is 11.7. The van der Waals surface area contributed by atoms with E-state index >= 15 is 0 Å². The van der Waals surface area contributed by atoms with Crippen molar-refractivity contribution >= 4 is 220 Å². The maximum Gasteiger partial charge on any atom is 0.651 e. The Morgan fingerprint density at radius 3 is 0.693 bits per heavy atom. The standard InChI is InChI=1S/C31H75Cl7O21Si16/c1-60(2,20-19-29-17-18-30-31(21-29)39-30)40-68-48-69(41-61(3,4)22-32)51-72(44-64(9,10)25-35)53-70(49-68,42-62(5,6)23-33)55-74(46-66(13,14)27-37)56-71(50-68,43-63(7,8)24-34)54-73(52-69,45-65(11,12)26-36)58-75(57-72,59-74)47-67(15,16)28-38/h29-31H,17-28H2,1-16H3. The average molecular weight is 1480 g/mol. The molecule has 0 spiro atoms. The lowest BCUT2D eigenvalue weighted by molar-refractivity contribution is -0.129. The molecule has 438 valence electrons. The Bertz CT molecular complexity index is 1870. The van der Waals surface area contributed by atoms with Gasteiger partial charge in [-0.2, -0.15) is 0 Å². The quantitative estimate of drug-likeness (QED) is 0.0452. The third-order valence-corrected chi connectivity index (χ3v) is 80.9. The highest BCUT2D eigenvalue weighted by molar-refractivity contribution is 7.05. The van der Waals surface area contributed by atoms with E-state index in [9.17, 15) is 0 Å². The zero-order chi connectivity index (χ0) is 56.1. The molecule has 0 N–H and O–H groups in total. The number of alkyl halides is 7. The molecule has 8 bridgehead atoms. The van der Waals surface area contributed by atoms with Gasteiger partial charge in [-0.05, 0) is 136 Å². The molecule has 8 fully saturated rings. The van der Waals surface area contributed by atoms with Gasteiger partial charge in [0.25, 0.3) is 0 Å². The summed E-state index contributed by atoms with van der Waals surface area (Å²) in [4.78, 5) is 0. The first kappa shape index (κ1) is 67.2. The van der Waals surface area contributed by atoms with Crippen LogP contribution >= 0.6 is 81.2 Å². The molecule has 3 atom stereocenters. The monoisotopic (exact) mass is 1480 g/mol. The highest BCUT2D eigenvalue weighted by atomic mass is 35.5. The van der Waals surface area contributed by atoms with E-state index in [0.29, 0.717) is 18.1 Å². The van der Waals surface area contributed by atoms with Crippen molar-refractivity contribution < 1.29 is 87.0 Å². The third kappa shape index (κ3) is 16.6. The van der Waals surface area contributed by atoms with Gasteiger partial charge in [0, 0.05) is 38.5 Å². The Labute approximate surface area is 495 Å². The van der Waals surface area contributed by atoms with E-state index < -0.39 is 139 Å². The summed E-state index contributed by atoms with van der Waals surface area (Å²) in [5.41, 5.74) is -0.174. The lowest BCUT2D eigenvalue weighted by Crippen LogP contribution is -2.93. The number of rotatable bonds is 26. The molecule has 7 heterocycles. The molecule has 44 heteroatoms. The zero-order valence-corrected chi connectivity index (χ0v) is 66.7. The van der Waals surface area contributed by atoms with Crippen molar-refractivity contribution in [1.82, 2.24) is 0 Å². The number of epoxide rings is 1. The Kier molecular flexibility index (Phi) is 20.9. The maximum absolute atomic E-state index is 7.61. The van der Waals surface area contributed by atoms with Gasteiger partial charge in [0.05, 0.1) is 12.2 Å². The minimum absolute atomic E-state index is 0.0206. The molecule has 1 saturated carbocycles. The second-order valence-electron chi connectivity index (χ2n) is 24.5. The summed E-state index contributed by atoms with van der Waals surface area (Å²) in [6, 6.07) is 0.587. The van der Waals surface area contributed by atoms with Crippen molar-refractivity contribution in [2.75, 3.05) is 38.5 Å². The second-order valence-corrected chi connectivity index (χ2v) is 85.0. The fourth-order valence-electron chi connectivity index (χ4n) is 8.09. The molecule has 8 rings (SSSR count). The van der Waals surface area contributed by atoms with E-state index in [1.807, 2.05) is 105 Å². The van der Waals surface area contributed by atoms with Crippen LogP contribution in [0.5, 0.6) is 0 Å². The molecule has 0 aromatic heterocycles. The molecule has 21 nitrogen and oxygen atoms in total. The predicted molar refractivity (Wildman–Crippen MR) is 318 cm³/mol. The fraction of sp³-hybridized carbons (Fsp3) is 1.00. The van der Waals surface area contributed by atoms with Gasteiger partial charge >= 0.3 is 72.4 Å². The zero-order valence-electron chi connectivity index (χ0n) is 45.4. The van der Waals surface area contributed by atoms with Crippen molar-refractivity contribution in [1.29, 1.82) is 0 Å². The van der Waals surface area contributed by atoms with Gasteiger partial charge in [-0.1, -0.05) is 6.42 Å². The Morgan fingerprint density at radius 1 is 0.307 bits per heavy atom. The molecular weight excluding hydrogens is 1410 g/mol. The summed E-state index contributed by atoms with van der Waals surface area (Å²) in [6.07, 6.45) is 4.31. The maximum atomic E-state index is 7.61.